The monoisotopic (exact) mass is 141 g/mol. The predicted molar refractivity (Wildman–Crippen MR) is 34.6 cm³/mol. The summed E-state index contributed by atoms with van der Waals surface area (Å²) in [5.41, 5.74) is 0. The van der Waals surface area contributed by atoms with Crippen molar-refractivity contribution in [2.24, 2.45) is 0 Å². The molecule has 4 rings (SSSR count). The van der Waals surface area contributed by atoms with E-state index in [9.17, 15) is 5.11 Å². The Morgan fingerprint density at radius 1 is 1.30 bits per heavy atom. The van der Waals surface area contributed by atoms with Crippen molar-refractivity contribution in [1.82, 2.24) is 5.32 Å². The Kier molecular flexibility index (Phi) is 0.854. The van der Waals surface area contributed by atoms with Gasteiger partial charge in [-0.15, -0.1) is 0 Å². The van der Waals surface area contributed by atoms with Crippen molar-refractivity contribution in [1.29, 1.82) is 0 Å². The minimum Gasteiger partial charge on any atom is -0.389 e. The smallest absolute Gasteiger partial charge is 0.101 e. The van der Waals surface area contributed by atoms with Crippen LogP contribution in [0.15, 0.2) is 0 Å². The first-order chi connectivity index (χ1) is 4.84. The van der Waals surface area contributed by atoms with Gasteiger partial charge in [0, 0.05) is 12.1 Å². The van der Waals surface area contributed by atoms with Gasteiger partial charge in [-0.1, -0.05) is 0 Å². The van der Waals surface area contributed by atoms with E-state index in [2.05, 4.69) is 5.32 Å². The molecule has 0 spiro atoms. The second kappa shape index (κ2) is 1.55. The molecule has 4 aliphatic heterocycles. The number of aliphatic hydroxyl groups excluding tert-OH is 1. The molecular formula is C7H11NO2. The van der Waals surface area contributed by atoms with E-state index in [1.807, 2.05) is 0 Å². The molecule has 0 aromatic heterocycles. The summed E-state index contributed by atoms with van der Waals surface area (Å²) in [7, 11) is 0. The quantitative estimate of drug-likeness (QED) is 0.466. The lowest BCUT2D eigenvalue weighted by molar-refractivity contribution is -0.0684. The van der Waals surface area contributed by atoms with Crippen LogP contribution in [0.25, 0.3) is 0 Å². The lowest BCUT2D eigenvalue weighted by atomic mass is 10.0. The predicted octanol–water partition coefficient (Wildman–Crippen LogP) is -0.751. The SMILES string of the molecule is O[C@@H]1[C@H]2O[C@H]3C[C@@H]1N[C@@H]2C3. The van der Waals surface area contributed by atoms with Crippen LogP contribution in [-0.2, 0) is 4.74 Å². The summed E-state index contributed by atoms with van der Waals surface area (Å²) >= 11 is 0. The maximum atomic E-state index is 9.52. The summed E-state index contributed by atoms with van der Waals surface area (Å²) in [5.74, 6) is 0. The van der Waals surface area contributed by atoms with Crippen LogP contribution in [0.5, 0.6) is 0 Å². The zero-order valence-electron chi connectivity index (χ0n) is 5.66. The maximum absolute atomic E-state index is 9.52. The number of piperidine rings is 1. The van der Waals surface area contributed by atoms with E-state index in [4.69, 9.17) is 4.74 Å². The van der Waals surface area contributed by atoms with Gasteiger partial charge in [-0.05, 0) is 12.8 Å². The second-order valence-electron chi connectivity index (χ2n) is 3.56. The van der Waals surface area contributed by atoms with E-state index in [0.717, 1.165) is 12.8 Å². The lowest BCUT2D eigenvalue weighted by Crippen LogP contribution is -2.43. The molecule has 4 fully saturated rings. The molecule has 0 aromatic carbocycles. The Labute approximate surface area is 59.4 Å². The van der Waals surface area contributed by atoms with Gasteiger partial charge >= 0.3 is 0 Å². The van der Waals surface area contributed by atoms with Gasteiger partial charge in [-0.25, -0.2) is 0 Å². The normalized spacial score (nSPS) is 63.9. The summed E-state index contributed by atoms with van der Waals surface area (Å²) in [4.78, 5) is 0. The summed E-state index contributed by atoms with van der Waals surface area (Å²) in [5, 5.41) is 12.9. The third kappa shape index (κ3) is 0.480. The number of ether oxygens (including phenoxy) is 1. The maximum Gasteiger partial charge on any atom is 0.101 e. The highest BCUT2D eigenvalue weighted by atomic mass is 16.5. The van der Waals surface area contributed by atoms with E-state index < -0.39 is 0 Å². The Bertz CT molecular complexity index is 167. The molecule has 0 aromatic rings. The standard InChI is InChI=1S/C7H11NO2/c9-6-4-1-3-2-5(8-4)7(6)10-3/h3-9H,1-2H2/t3-,4-,5+,6-,7-/m0/s1. The Morgan fingerprint density at radius 3 is 2.80 bits per heavy atom. The highest BCUT2D eigenvalue weighted by Crippen LogP contribution is 2.39. The molecule has 4 aliphatic rings. The third-order valence-corrected chi connectivity index (χ3v) is 2.96. The van der Waals surface area contributed by atoms with Crippen LogP contribution < -0.4 is 5.32 Å². The molecule has 2 N–H and O–H groups in total. The molecule has 4 saturated heterocycles. The number of hydrogen-bond acceptors (Lipinski definition) is 3. The van der Waals surface area contributed by atoms with Crippen LogP contribution in [0.1, 0.15) is 12.8 Å². The minimum absolute atomic E-state index is 0.115. The van der Waals surface area contributed by atoms with Crippen LogP contribution in [0.3, 0.4) is 0 Å². The van der Waals surface area contributed by atoms with Gasteiger partial charge in [0.1, 0.15) is 6.10 Å². The fourth-order valence-electron chi connectivity index (χ4n) is 2.52. The van der Waals surface area contributed by atoms with Crippen LogP contribution >= 0.6 is 0 Å². The summed E-state index contributed by atoms with van der Waals surface area (Å²) in [6, 6.07) is 0.793. The zero-order valence-corrected chi connectivity index (χ0v) is 5.66. The molecule has 56 valence electrons. The molecule has 0 saturated carbocycles. The average molecular weight is 141 g/mol. The van der Waals surface area contributed by atoms with E-state index in [0.29, 0.717) is 18.2 Å². The Morgan fingerprint density at radius 2 is 2.10 bits per heavy atom. The van der Waals surface area contributed by atoms with Crippen molar-refractivity contribution >= 4 is 0 Å². The van der Waals surface area contributed by atoms with E-state index in [1.165, 1.54) is 0 Å². The first kappa shape index (κ1) is 5.52. The van der Waals surface area contributed by atoms with Crippen LogP contribution in [0, 0.1) is 0 Å². The molecule has 0 aliphatic carbocycles. The Hall–Kier alpha value is -0.120. The number of rotatable bonds is 0. The van der Waals surface area contributed by atoms with E-state index in [-0.39, 0.29) is 12.2 Å². The van der Waals surface area contributed by atoms with Gasteiger partial charge in [0.05, 0.1) is 12.2 Å². The average Bonchev–Trinajstić information content (AvgIpc) is 2.31. The van der Waals surface area contributed by atoms with Crippen molar-refractivity contribution in [3.05, 3.63) is 0 Å². The van der Waals surface area contributed by atoms with Crippen LogP contribution in [0.4, 0.5) is 0 Å². The molecule has 3 heteroatoms. The number of nitrogens with one attached hydrogen (secondary N) is 1. The van der Waals surface area contributed by atoms with Crippen molar-refractivity contribution in [2.75, 3.05) is 0 Å². The summed E-state index contributed by atoms with van der Waals surface area (Å²) in [6.45, 7) is 0. The van der Waals surface area contributed by atoms with E-state index >= 15 is 0 Å². The zero-order chi connectivity index (χ0) is 6.72. The minimum atomic E-state index is -0.233. The van der Waals surface area contributed by atoms with Crippen molar-refractivity contribution < 1.29 is 9.84 Å². The molecule has 0 unspecified atom stereocenters. The van der Waals surface area contributed by atoms with E-state index in [1.54, 1.807) is 0 Å². The van der Waals surface area contributed by atoms with Crippen LogP contribution in [-0.4, -0.2) is 35.5 Å². The molecule has 5 atom stereocenters. The Balaban J connectivity index is 1.99. The summed E-state index contributed by atoms with van der Waals surface area (Å²) < 4.78 is 5.55. The number of hydrogen-bond donors (Lipinski definition) is 2. The largest absolute Gasteiger partial charge is 0.389 e. The second-order valence-corrected chi connectivity index (χ2v) is 3.56. The third-order valence-electron chi connectivity index (χ3n) is 2.96. The summed E-state index contributed by atoms with van der Waals surface area (Å²) in [6.07, 6.45) is 2.45. The fourth-order valence-corrected chi connectivity index (χ4v) is 2.52. The molecule has 3 nitrogen and oxygen atoms in total. The van der Waals surface area contributed by atoms with Gasteiger partial charge in [0.15, 0.2) is 0 Å². The first-order valence-electron chi connectivity index (χ1n) is 3.94. The molecule has 4 heterocycles. The van der Waals surface area contributed by atoms with Gasteiger partial charge in [0.25, 0.3) is 0 Å². The van der Waals surface area contributed by atoms with Crippen LogP contribution in [0.2, 0.25) is 0 Å². The molecule has 10 heavy (non-hydrogen) atoms. The molecular weight excluding hydrogens is 130 g/mol. The topological polar surface area (TPSA) is 41.5 Å². The van der Waals surface area contributed by atoms with Gasteiger partial charge in [-0.3, -0.25) is 0 Å². The number of aliphatic hydroxyl groups is 1. The molecule has 0 radical (unpaired) electrons. The van der Waals surface area contributed by atoms with Crippen molar-refractivity contribution in [2.45, 2.75) is 43.2 Å². The van der Waals surface area contributed by atoms with Crippen molar-refractivity contribution in [3.8, 4) is 0 Å². The lowest BCUT2D eigenvalue weighted by Gasteiger charge is -2.28. The van der Waals surface area contributed by atoms with Gasteiger partial charge in [0.2, 0.25) is 0 Å². The highest BCUT2D eigenvalue weighted by Gasteiger charge is 2.54. The first-order valence-corrected chi connectivity index (χ1v) is 3.94. The van der Waals surface area contributed by atoms with Crippen molar-refractivity contribution in [3.63, 3.8) is 0 Å². The van der Waals surface area contributed by atoms with Gasteiger partial charge in [-0.2, -0.15) is 0 Å². The molecule has 4 bridgehead atoms. The fraction of sp³-hybridized carbons (Fsp3) is 1.00. The molecule has 0 amide bonds. The van der Waals surface area contributed by atoms with Gasteiger partial charge < -0.3 is 15.2 Å². The highest BCUT2D eigenvalue weighted by molar-refractivity contribution is 5.09.